The van der Waals surface area contributed by atoms with Crippen LogP contribution < -0.4 is 5.32 Å². The second-order valence-corrected chi connectivity index (χ2v) is 22.5. The highest BCUT2D eigenvalue weighted by Gasteiger charge is 2.51. The van der Waals surface area contributed by atoms with E-state index in [1.54, 1.807) is 0 Å². The van der Waals surface area contributed by atoms with Crippen LogP contribution in [0.2, 0.25) is 0 Å². The fourth-order valence-electron chi connectivity index (χ4n) is 9.78. The molecule has 1 saturated carbocycles. The van der Waals surface area contributed by atoms with E-state index in [1.807, 2.05) is 0 Å². The van der Waals surface area contributed by atoms with Crippen LogP contribution in [0.1, 0.15) is 284 Å². The number of amides is 1. The quantitative estimate of drug-likeness (QED) is 0.0205. The molecule has 69 heavy (non-hydrogen) atoms. The van der Waals surface area contributed by atoms with Crippen molar-refractivity contribution in [3.63, 3.8) is 0 Å². The van der Waals surface area contributed by atoms with Crippen LogP contribution in [0.25, 0.3) is 0 Å². The SMILES string of the molecule is CCCCCCCCCCCCCCCCCCCCCCC(O)C(COP(=O)(O)OC1C(O)C(O)C(O)C(O)C1O)NC(=O)CC(O)CCCCCCCCCCCCCCCCCCCCC. The molecule has 0 saturated heterocycles. The first-order valence-corrected chi connectivity index (χ1v) is 30.6. The average Bonchev–Trinajstić information content (AvgIpc) is 3.32. The lowest BCUT2D eigenvalue weighted by atomic mass is 9.85. The maximum absolute atomic E-state index is 13.1. The van der Waals surface area contributed by atoms with Gasteiger partial charge in [0.2, 0.25) is 5.91 Å². The minimum atomic E-state index is -5.12. The Morgan fingerprint density at radius 1 is 0.449 bits per heavy atom. The molecule has 1 aliphatic carbocycles. The summed E-state index contributed by atoms with van der Waals surface area (Å²) in [4.78, 5) is 23.6. The van der Waals surface area contributed by atoms with Crippen molar-refractivity contribution < 1.29 is 59.0 Å². The zero-order valence-corrected chi connectivity index (χ0v) is 45.2. The smallest absolute Gasteiger partial charge is 0.393 e. The van der Waals surface area contributed by atoms with Crippen molar-refractivity contribution in [3.8, 4) is 0 Å². The summed E-state index contributed by atoms with van der Waals surface area (Å²) in [5.41, 5.74) is 0. The van der Waals surface area contributed by atoms with Crippen LogP contribution >= 0.6 is 7.82 Å². The Morgan fingerprint density at radius 2 is 0.725 bits per heavy atom. The predicted molar refractivity (Wildman–Crippen MR) is 280 cm³/mol. The summed E-state index contributed by atoms with van der Waals surface area (Å²) >= 11 is 0. The van der Waals surface area contributed by atoms with Crippen LogP contribution in [0.5, 0.6) is 0 Å². The Kier molecular flexibility index (Phi) is 43.0. The van der Waals surface area contributed by atoms with Gasteiger partial charge in [0.05, 0.1) is 31.3 Å². The lowest BCUT2D eigenvalue weighted by Gasteiger charge is -2.41. The molecule has 0 spiro atoms. The molecule has 0 aromatic rings. The number of nitrogens with one attached hydrogen (secondary N) is 1. The van der Waals surface area contributed by atoms with Crippen LogP contribution in [0.15, 0.2) is 0 Å². The topological polar surface area (TPSA) is 226 Å². The molecule has 14 heteroatoms. The molecule has 0 aromatic heterocycles. The molecular weight excluding hydrogens is 898 g/mol. The number of rotatable bonds is 50. The lowest BCUT2D eigenvalue weighted by molar-refractivity contribution is -0.220. The molecule has 9 N–H and O–H groups in total. The van der Waals surface area contributed by atoms with Gasteiger partial charge in [-0.2, -0.15) is 0 Å². The number of aliphatic hydroxyl groups excluding tert-OH is 7. The van der Waals surface area contributed by atoms with Gasteiger partial charge in [-0.15, -0.1) is 0 Å². The summed E-state index contributed by atoms with van der Waals surface area (Å²) < 4.78 is 23.1. The van der Waals surface area contributed by atoms with Crippen LogP contribution in [-0.4, -0.2) is 108 Å². The van der Waals surface area contributed by atoms with Crippen molar-refractivity contribution in [1.82, 2.24) is 5.32 Å². The van der Waals surface area contributed by atoms with Gasteiger partial charge in [-0.1, -0.05) is 264 Å². The monoisotopic (exact) mass is 1010 g/mol. The number of aliphatic hydroxyl groups is 7. The van der Waals surface area contributed by atoms with Crippen molar-refractivity contribution in [2.45, 2.75) is 338 Å². The van der Waals surface area contributed by atoms with Crippen molar-refractivity contribution >= 4 is 13.7 Å². The van der Waals surface area contributed by atoms with Gasteiger partial charge in [0, 0.05) is 0 Å². The highest BCUT2D eigenvalue weighted by molar-refractivity contribution is 7.47. The summed E-state index contributed by atoms with van der Waals surface area (Å²) in [5, 5.41) is 75.1. The lowest BCUT2D eigenvalue weighted by Crippen LogP contribution is -2.64. The van der Waals surface area contributed by atoms with Crippen molar-refractivity contribution in [2.24, 2.45) is 0 Å². The first-order valence-electron chi connectivity index (χ1n) is 29.1. The summed E-state index contributed by atoms with van der Waals surface area (Å²) in [5.74, 6) is -0.552. The minimum absolute atomic E-state index is 0.215. The molecular formula is C55H110NO12P. The molecule has 0 bridgehead atoms. The van der Waals surface area contributed by atoms with E-state index in [-0.39, 0.29) is 12.8 Å². The van der Waals surface area contributed by atoms with Crippen molar-refractivity contribution in [1.29, 1.82) is 0 Å². The van der Waals surface area contributed by atoms with E-state index in [0.29, 0.717) is 12.8 Å². The molecule has 0 aliphatic heterocycles. The third-order valence-electron chi connectivity index (χ3n) is 14.5. The Hall–Kier alpha value is -0.700. The molecule has 1 rings (SSSR count). The average molecular weight is 1010 g/mol. The molecule has 1 amide bonds. The number of carbonyl (C=O) groups is 1. The van der Waals surface area contributed by atoms with E-state index in [4.69, 9.17) is 9.05 Å². The maximum atomic E-state index is 13.1. The molecule has 1 fully saturated rings. The zero-order valence-electron chi connectivity index (χ0n) is 44.3. The van der Waals surface area contributed by atoms with Gasteiger partial charge in [0.1, 0.15) is 36.6 Å². The first-order chi connectivity index (χ1) is 33.3. The molecule has 8 atom stereocenters. The van der Waals surface area contributed by atoms with Crippen LogP contribution in [0, 0.1) is 0 Å². The van der Waals surface area contributed by atoms with Gasteiger partial charge in [0.15, 0.2) is 0 Å². The van der Waals surface area contributed by atoms with E-state index in [9.17, 15) is 50.0 Å². The molecule has 8 unspecified atom stereocenters. The number of hydrogen-bond acceptors (Lipinski definition) is 11. The number of phosphoric acid groups is 1. The Balaban J connectivity index is 2.38. The number of carbonyl (C=O) groups excluding carboxylic acids is 1. The highest BCUT2D eigenvalue weighted by Crippen LogP contribution is 2.47. The Morgan fingerprint density at radius 3 is 1.04 bits per heavy atom. The van der Waals surface area contributed by atoms with Crippen LogP contribution in [-0.2, 0) is 18.4 Å². The molecule has 13 nitrogen and oxygen atoms in total. The summed E-state index contributed by atoms with van der Waals surface area (Å²) in [6, 6.07) is -1.15. The number of hydrogen-bond donors (Lipinski definition) is 9. The summed E-state index contributed by atoms with van der Waals surface area (Å²) in [6.45, 7) is 3.85. The van der Waals surface area contributed by atoms with Gasteiger partial charge >= 0.3 is 7.82 Å². The van der Waals surface area contributed by atoms with Crippen LogP contribution in [0.4, 0.5) is 0 Å². The van der Waals surface area contributed by atoms with E-state index in [2.05, 4.69) is 19.2 Å². The standard InChI is InChI=1S/C55H110NO12P/c1-3-5-7-9-11-13-15-17-19-21-23-25-27-29-31-33-35-37-39-41-43-48(58)47(45-67-69(65,66)68-55-53(63)51(61)50(60)52(62)54(55)64)56-49(59)44-46(57)42-40-38-36-34-32-30-28-26-24-22-20-18-16-14-12-10-8-6-4-2/h46-48,50-55,57-58,60-64H,3-45H2,1-2H3,(H,56,59)(H,65,66). The molecule has 1 aliphatic rings. The van der Waals surface area contributed by atoms with E-state index >= 15 is 0 Å². The van der Waals surface area contributed by atoms with Gasteiger partial charge in [-0.05, 0) is 12.8 Å². The van der Waals surface area contributed by atoms with E-state index < -0.39 is 75.2 Å². The molecule has 0 radical (unpaired) electrons. The molecule has 412 valence electrons. The van der Waals surface area contributed by atoms with Crippen LogP contribution in [0.3, 0.4) is 0 Å². The summed E-state index contributed by atoms with van der Waals surface area (Å²) in [6.07, 6.45) is 35.7. The zero-order chi connectivity index (χ0) is 50.8. The molecule has 0 heterocycles. The maximum Gasteiger partial charge on any atom is 0.472 e. The summed E-state index contributed by atoms with van der Waals surface area (Å²) in [7, 11) is -5.12. The molecule has 0 aromatic carbocycles. The number of phosphoric ester groups is 1. The van der Waals surface area contributed by atoms with E-state index in [0.717, 1.165) is 44.9 Å². The third kappa shape index (κ3) is 36.0. The highest BCUT2D eigenvalue weighted by atomic mass is 31.2. The fraction of sp³-hybridized carbons (Fsp3) is 0.982. The predicted octanol–water partition coefficient (Wildman–Crippen LogP) is 11.9. The normalized spacial score (nSPS) is 21.8. The first kappa shape index (κ1) is 66.3. The second-order valence-electron chi connectivity index (χ2n) is 21.0. The second kappa shape index (κ2) is 44.8. The van der Waals surface area contributed by atoms with Crippen molar-refractivity contribution in [2.75, 3.05) is 6.61 Å². The van der Waals surface area contributed by atoms with E-state index in [1.165, 1.54) is 199 Å². The Labute approximate surface area is 421 Å². The van der Waals surface area contributed by atoms with Gasteiger partial charge < -0.3 is 46.0 Å². The largest absolute Gasteiger partial charge is 0.472 e. The van der Waals surface area contributed by atoms with Crippen molar-refractivity contribution in [3.05, 3.63) is 0 Å². The van der Waals surface area contributed by atoms with Gasteiger partial charge in [0.25, 0.3) is 0 Å². The fourth-order valence-corrected chi connectivity index (χ4v) is 10.7. The van der Waals surface area contributed by atoms with Gasteiger partial charge in [-0.25, -0.2) is 4.57 Å². The Bertz CT molecular complexity index is 1190. The van der Waals surface area contributed by atoms with Gasteiger partial charge in [-0.3, -0.25) is 13.8 Å². The third-order valence-corrected chi connectivity index (χ3v) is 15.5. The minimum Gasteiger partial charge on any atom is -0.393 e. The number of unbranched alkanes of at least 4 members (excludes halogenated alkanes) is 37.